The van der Waals surface area contributed by atoms with Crippen LogP contribution in [0.15, 0.2) is 51.3 Å². The summed E-state index contributed by atoms with van der Waals surface area (Å²) in [6.45, 7) is 6.41. The first kappa shape index (κ1) is 20.4. The standard InChI is InChI=1S/C21H21N5O2S2/c1-13-9-17(15(3)26(13)19-10-14(2)28-25-19)18(27)12-29-21-24-23-20(30-21)22-11-16-7-5-4-6-8-16/h4-10H,11-12H2,1-3H3,(H,22,23). The third-order valence-electron chi connectivity index (χ3n) is 4.60. The number of hydrogen-bond acceptors (Lipinski definition) is 8. The molecule has 154 valence electrons. The zero-order chi connectivity index (χ0) is 21.1. The second-order valence-corrected chi connectivity index (χ2v) is 9.04. The number of carbonyl (C=O) groups excluding carboxylic acids is 1. The fourth-order valence-electron chi connectivity index (χ4n) is 3.17. The zero-order valence-corrected chi connectivity index (χ0v) is 18.5. The molecule has 9 heteroatoms. The zero-order valence-electron chi connectivity index (χ0n) is 16.9. The minimum Gasteiger partial charge on any atom is -0.360 e. The van der Waals surface area contributed by atoms with Gasteiger partial charge in [0.05, 0.1) is 5.75 Å². The molecule has 4 aromatic rings. The second kappa shape index (κ2) is 8.85. The van der Waals surface area contributed by atoms with Crippen LogP contribution in [0.5, 0.6) is 0 Å². The summed E-state index contributed by atoms with van der Waals surface area (Å²) in [5, 5.41) is 16.4. The molecule has 4 rings (SSSR count). The summed E-state index contributed by atoms with van der Waals surface area (Å²) in [7, 11) is 0. The summed E-state index contributed by atoms with van der Waals surface area (Å²) in [5.74, 6) is 1.77. The van der Waals surface area contributed by atoms with Crippen LogP contribution in [0.1, 0.15) is 33.1 Å². The predicted octanol–water partition coefficient (Wildman–Crippen LogP) is 4.83. The van der Waals surface area contributed by atoms with E-state index in [2.05, 4.69) is 32.8 Å². The average molecular weight is 440 g/mol. The Morgan fingerprint density at radius 3 is 2.70 bits per heavy atom. The van der Waals surface area contributed by atoms with Gasteiger partial charge in [0.1, 0.15) is 5.76 Å². The normalized spacial score (nSPS) is 11.0. The molecule has 30 heavy (non-hydrogen) atoms. The van der Waals surface area contributed by atoms with Crippen LogP contribution in [0.2, 0.25) is 0 Å². The number of thioether (sulfide) groups is 1. The average Bonchev–Trinajstić information content (AvgIpc) is 3.45. The third-order valence-corrected chi connectivity index (χ3v) is 6.61. The Morgan fingerprint density at radius 1 is 1.17 bits per heavy atom. The van der Waals surface area contributed by atoms with E-state index in [1.54, 1.807) is 0 Å². The molecule has 0 aliphatic heterocycles. The van der Waals surface area contributed by atoms with Gasteiger partial charge in [-0.1, -0.05) is 58.6 Å². The lowest BCUT2D eigenvalue weighted by Crippen LogP contribution is -2.05. The number of aryl methyl sites for hydroxylation is 2. The van der Waals surface area contributed by atoms with Gasteiger partial charge >= 0.3 is 0 Å². The van der Waals surface area contributed by atoms with Gasteiger partial charge in [-0.15, -0.1) is 10.2 Å². The van der Waals surface area contributed by atoms with Gasteiger partial charge in [-0.25, -0.2) is 0 Å². The Morgan fingerprint density at radius 2 is 1.97 bits per heavy atom. The van der Waals surface area contributed by atoms with Gasteiger partial charge in [0.25, 0.3) is 0 Å². The Hall–Kier alpha value is -2.91. The SMILES string of the molecule is Cc1cc(-n2c(C)cc(C(=O)CSc3nnc(NCc4ccccc4)s3)c2C)no1. The summed E-state index contributed by atoms with van der Waals surface area (Å²) in [6.07, 6.45) is 0. The summed E-state index contributed by atoms with van der Waals surface area (Å²) in [6, 6.07) is 13.9. The summed E-state index contributed by atoms with van der Waals surface area (Å²) < 4.78 is 7.87. The highest BCUT2D eigenvalue weighted by atomic mass is 32.2. The molecule has 0 saturated carbocycles. The van der Waals surface area contributed by atoms with Gasteiger partial charge in [-0.3, -0.25) is 9.36 Å². The number of aromatic nitrogens is 4. The molecular weight excluding hydrogens is 418 g/mol. The number of hydrogen-bond donors (Lipinski definition) is 1. The van der Waals surface area contributed by atoms with Crippen molar-refractivity contribution >= 4 is 34.0 Å². The van der Waals surface area contributed by atoms with Gasteiger partial charge in [0.15, 0.2) is 15.9 Å². The molecule has 0 amide bonds. The molecule has 0 saturated heterocycles. The van der Waals surface area contributed by atoms with Gasteiger partial charge in [0.2, 0.25) is 5.13 Å². The first-order valence-electron chi connectivity index (χ1n) is 9.41. The van der Waals surface area contributed by atoms with Crippen LogP contribution >= 0.6 is 23.1 Å². The maximum absolute atomic E-state index is 12.8. The Labute approximate surface area is 182 Å². The first-order valence-corrected chi connectivity index (χ1v) is 11.2. The van der Waals surface area contributed by atoms with E-state index in [1.165, 1.54) is 28.7 Å². The van der Waals surface area contributed by atoms with Crippen molar-refractivity contribution in [2.45, 2.75) is 31.7 Å². The van der Waals surface area contributed by atoms with Crippen LogP contribution in [0.25, 0.3) is 5.82 Å². The van der Waals surface area contributed by atoms with Gasteiger partial charge < -0.3 is 9.84 Å². The van der Waals surface area contributed by atoms with Crippen LogP contribution in [-0.2, 0) is 6.54 Å². The molecule has 0 atom stereocenters. The highest BCUT2D eigenvalue weighted by Gasteiger charge is 2.19. The highest BCUT2D eigenvalue weighted by Crippen LogP contribution is 2.28. The molecular formula is C21H21N5O2S2. The molecule has 0 fully saturated rings. The number of rotatable bonds is 8. The molecule has 0 aliphatic rings. The largest absolute Gasteiger partial charge is 0.360 e. The summed E-state index contributed by atoms with van der Waals surface area (Å²) in [5.41, 5.74) is 3.66. The molecule has 0 aliphatic carbocycles. The van der Waals surface area contributed by atoms with E-state index in [0.29, 0.717) is 23.7 Å². The summed E-state index contributed by atoms with van der Waals surface area (Å²) >= 11 is 2.85. The number of nitrogens with one attached hydrogen (secondary N) is 1. The Bertz CT molecular complexity index is 1160. The van der Waals surface area contributed by atoms with E-state index in [0.717, 1.165) is 26.6 Å². The topological polar surface area (TPSA) is 85.8 Å². The van der Waals surface area contributed by atoms with Crippen LogP contribution in [0.3, 0.4) is 0 Å². The van der Waals surface area contributed by atoms with Crippen molar-refractivity contribution in [1.82, 2.24) is 19.9 Å². The molecule has 3 aromatic heterocycles. The van der Waals surface area contributed by atoms with E-state index in [-0.39, 0.29) is 5.78 Å². The molecule has 0 unspecified atom stereocenters. The monoisotopic (exact) mass is 439 g/mol. The maximum atomic E-state index is 12.8. The Kier molecular flexibility index (Phi) is 6.01. The molecule has 3 heterocycles. The Balaban J connectivity index is 1.38. The van der Waals surface area contributed by atoms with Crippen LogP contribution in [0, 0.1) is 20.8 Å². The number of carbonyl (C=O) groups is 1. The fourth-order valence-corrected chi connectivity index (χ4v) is 4.81. The van der Waals surface area contributed by atoms with E-state index in [1.807, 2.05) is 55.7 Å². The van der Waals surface area contributed by atoms with E-state index < -0.39 is 0 Å². The van der Waals surface area contributed by atoms with Gasteiger partial charge in [-0.2, -0.15) is 0 Å². The second-order valence-electron chi connectivity index (χ2n) is 6.84. The van der Waals surface area contributed by atoms with Crippen molar-refractivity contribution in [3.8, 4) is 5.82 Å². The van der Waals surface area contributed by atoms with E-state index in [4.69, 9.17) is 4.52 Å². The first-order chi connectivity index (χ1) is 14.5. The van der Waals surface area contributed by atoms with Crippen molar-refractivity contribution in [2.75, 3.05) is 11.1 Å². The highest BCUT2D eigenvalue weighted by molar-refractivity contribution is 8.01. The molecule has 0 bridgehead atoms. The number of ketones is 1. The lowest BCUT2D eigenvalue weighted by atomic mass is 10.2. The lowest BCUT2D eigenvalue weighted by molar-refractivity contribution is 0.102. The quantitative estimate of drug-likeness (QED) is 0.311. The minimum absolute atomic E-state index is 0.0496. The van der Waals surface area contributed by atoms with Crippen molar-refractivity contribution in [1.29, 1.82) is 0 Å². The van der Waals surface area contributed by atoms with Crippen molar-refractivity contribution in [2.24, 2.45) is 0 Å². The van der Waals surface area contributed by atoms with E-state index >= 15 is 0 Å². The van der Waals surface area contributed by atoms with Crippen molar-refractivity contribution in [3.05, 3.63) is 70.7 Å². The number of anilines is 1. The van der Waals surface area contributed by atoms with Crippen molar-refractivity contribution < 1.29 is 9.32 Å². The number of Topliss-reactive ketones (excluding diaryl/α,β-unsaturated/α-hetero) is 1. The van der Waals surface area contributed by atoms with Crippen LogP contribution in [-0.4, -0.2) is 31.5 Å². The maximum Gasteiger partial charge on any atom is 0.206 e. The molecule has 0 radical (unpaired) electrons. The fraction of sp³-hybridized carbons (Fsp3) is 0.238. The van der Waals surface area contributed by atoms with Gasteiger partial charge in [0, 0.05) is 29.6 Å². The van der Waals surface area contributed by atoms with Gasteiger partial charge in [-0.05, 0) is 32.4 Å². The molecule has 0 spiro atoms. The molecule has 1 aromatic carbocycles. The molecule has 1 N–H and O–H groups in total. The third kappa shape index (κ3) is 4.47. The smallest absolute Gasteiger partial charge is 0.206 e. The van der Waals surface area contributed by atoms with Crippen LogP contribution < -0.4 is 5.32 Å². The number of nitrogens with zero attached hydrogens (tertiary/aromatic N) is 4. The van der Waals surface area contributed by atoms with Crippen molar-refractivity contribution in [3.63, 3.8) is 0 Å². The summed E-state index contributed by atoms with van der Waals surface area (Å²) in [4.78, 5) is 12.8. The minimum atomic E-state index is 0.0496. The lowest BCUT2D eigenvalue weighted by Gasteiger charge is -2.04. The molecule has 7 nitrogen and oxygen atoms in total. The number of benzene rings is 1. The van der Waals surface area contributed by atoms with Crippen LogP contribution in [0.4, 0.5) is 5.13 Å². The predicted molar refractivity (Wildman–Crippen MR) is 119 cm³/mol. The van der Waals surface area contributed by atoms with E-state index in [9.17, 15) is 4.79 Å².